The Kier molecular flexibility index (Phi) is 10.8. The summed E-state index contributed by atoms with van der Waals surface area (Å²) in [6, 6.07) is -0.180. The molecule has 0 aliphatic heterocycles. The summed E-state index contributed by atoms with van der Waals surface area (Å²) in [7, 11) is 0. The Morgan fingerprint density at radius 2 is 1.80 bits per heavy atom. The molecular formula is C14H29N3O3. The van der Waals surface area contributed by atoms with Crippen LogP contribution in [0.15, 0.2) is 0 Å². The van der Waals surface area contributed by atoms with Crippen LogP contribution in [0.4, 0.5) is 4.79 Å². The van der Waals surface area contributed by atoms with Crippen LogP contribution in [0, 0.1) is 5.92 Å². The van der Waals surface area contributed by atoms with Gasteiger partial charge >= 0.3 is 12.0 Å². The van der Waals surface area contributed by atoms with Crippen LogP contribution in [-0.2, 0) is 4.79 Å². The minimum Gasteiger partial charge on any atom is -0.481 e. The molecule has 3 N–H and O–H groups in total. The van der Waals surface area contributed by atoms with Gasteiger partial charge in [-0.05, 0) is 32.4 Å². The topological polar surface area (TPSA) is 81.7 Å². The molecule has 1 unspecified atom stereocenters. The van der Waals surface area contributed by atoms with Crippen molar-refractivity contribution in [2.24, 2.45) is 5.92 Å². The fraction of sp³-hybridized carbons (Fsp3) is 0.857. The maximum atomic E-state index is 11.5. The molecule has 0 fully saturated rings. The molecule has 20 heavy (non-hydrogen) atoms. The number of hydrogen-bond acceptors (Lipinski definition) is 3. The zero-order valence-electron chi connectivity index (χ0n) is 12.9. The van der Waals surface area contributed by atoms with E-state index >= 15 is 0 Å². The van der Waals surface area contributed by atoms with Gasteiger partial charge in [-0.25, -0.2) is 4.79 Å². The van der Waals surface area contributed by atoms with Crippen LogP contribution in [-0.4, -0.2) is 54.7 Å². The number of carboxylic acid groups (broad SMARTS) is 1. The Morgan fingerprint density at radius 3 is 2.35 bits per heavy atom. The number of amides is 2. The first kappa shape index (κ1) is 18.7. The van der Waals surface area contributed by atoms with Gasteiger partial charge < -0.3 is 20.6 Å². The molecule has 0 heterocycles. The number of nitrogens with one attached hydrogen (secondary N) is 2. The van der Waals surface area contributed by atoms with Crippen LogP contribution in [0.3, 0.4) is 0 Å². The van der Waals surface area contributed by atoms with Crippen molar-refractivity contribution < 1.29 is 14.7 Å². The van der Waals surface area contributed by atoms with Crippen LogP contribution in [0.1, 0.15) is 40.0 Å². The van der Waals surface area contributed by atoms with E-state index in [1.807, 2.05) is 0 Å². The number of carbonyl (C=O) groups is 2. The maximum Gasteiger partial charge on any atom is 0.314 e. The highest BCUT2D eigenvalue weighted by atomic mass is 16.4. The summed E-state index contributed by atoms with van der Waals surface area (Å²) in [6.07, 6.45) is 2.37. The quantitative estimate of drug-likeness (QED) is 0.503. The number of rotatable bonds is 11. The number of hydrogen-bond donors (Lipinski definition) is 3. The largest absolute Gasteiger partial charge is 0.481 e. The van der Waals surface area contributed by atoms with Crippen molar-refractivity contribution in [1.82, 2.24) is 15.5 Å². The lowest BCUT2D eigenvalue weighted by Gasteiger charge is -2.19. The van der Waals surface area contributed by atoms with E-state index in [2.05, 4.69) is 29.4 Å². The van der Waals surface area contributed by atoms with Crippen molar-refractivity contribution in [2.75, 3.05) is 32.7 Å². The zero-order chi connectivity index (χ0) is 15.4. The van der Waals surface area contributed by atoms with E-state index in [0.29, 0.717) is 25.9 Å². The van der Waals surface area contributed by atoms with E-state index in [0.717, 1.165) is 26.1 Å². The molecule has 0 aromatic rings. The minimum absolute atomic E-state index is 0.180. The molecule has 0 rings (SSSR count). The summed E-state index contributed by atoms with van der Waals surface area (Å²) in [5.41, 5.74) is 0. The number of carbonyl (C=O) groups excluding carboxylic acids is 1. The zero-order valence-corrected chi connectivity index (χ0v) is 12.9. The number of likely N-dealkylation sites (N-methyl/N-ethyl adjacent to an activating group) is 1. The van der Waals surface area contributed by atoms with Crippen molar-refractivity contribution in [3.05, 3.63) is 0 Å². The molecule has 0 bridgehead atoms. The highest BCUT2D eigenvalue weighted by Crippen LogP contribution is 2.03. The summed E-state index contributed by atoms with van der Waals surface area (Å²) < 4.78 is 0. The fourth-order valence-electron chi connectivity index (χ4n) is 1.87. The third kappa shape index (κ3) is 9.61. The van der Waals surface area contributed by atoms with Gasteiger partial charge in [0.25, 0.3) is 0 Å². The number of aliphatic carboxylic acids is 1. The highest BCUT2D eigenvalue weighted by molar-refractivity contribution is 5.73. The first-order chi connectivity index (χ1) is 9.51. The van der Waals surface area contributed by atoms with Gasteiger partial charge in [-0.15, -0.1) is 0 Å². The SMILES string of the molecule is CCCN(CC)CCNC(=O)NCCCC(C)C(=O)O. The Balaban J connectivity index is 3.57. The second-order valence-corrected chi connectivity index (χ2v) is 5.00. The van der Waals surface area contributed by atoms with Crippen molar-refractivity contribution in [3.8, 4) is 0 Å². The molecule has 6 nitrogen and oxygen atoms in total. The van der Waals surface area contributed by atoms with E-state index < -0.39 is 5.97 Å². The van der Waals surface area contributed by atoms with Gasteiger partial charge in [0.1, 0.15) is 0 Å². The lowest BCUT2D eigenvalue weighted by Crippen LogP contribution is -2.40. The number of urea groups is 1. The van der Waals surface area contributed by atoms with Gasteiger partial charge in [0.2, 0.25) is 0 Å². The molecule has 0 aromatic carbocycles. The summed E-state index contributed by atoms with van der Waals surface area (Å²) >= 11 is 0. The average Bonchev–Trinajstić information content (AvgIpc) is 2.42. The van der Waals surface area contributed by atoms with Gasteiger partial charge in [0.15, 0.2) is 0 Å². The smallest absolute Gasteiger partial charge is 0.314 e. The highest BCUT2D eigenvalue weighted by Gasteiger charge is 2.10. The van der Waals surface area contributed by atoms with E-state index in [1.165, 1.54) is 0 Å². The van der Waals surface area contributed by atoms with E-state index in [9.17, 15) is 9.59 Å². The van der Waals surface area contributed by atoms with Crippen LogP contribution < -0.4 is 10.6 Å². The van der Waals surface area contributed by atoms with Crippen LogP contribution >= 0.6 is 0 Å². The predicted octanol–water partition coefficient (Wildman–Crippen LogP) is 1.52. The Bertz CT molecular complexity index is 285. The number of carboxylic acids is 1. The molecular weight excluding hydrogens is 258 g/mol. The summed E-state index contributed by atoms with van der Waals surface area (Å²) in [4.78, 5) is 24.4. The standard InChI is InChI=1S/C14H29N3O3/c1-4-10-17(5-2)11-9-16-14(20)15-8-6-7-12(3)13(18)19/h12H,4-11H2,1-3H3,(H,18,19)(H2,15,16,20). The molecule has 0 radical (unpaired) electrons. The van der Waals surface area contributed by atoms with Crippen molar-refractivity contribution in [3.63, 3.8) is 0 Å². The maximum absolute atomic E-state index is 11.5. The van der Waals surface area contributed by atoms with Crippen molar-refractivity contribution in [2.45, 2.75) is 40.0 Å². The molecule has 0 spiro atoms. The molecule has 2 amide bonds. The first-order valence-electron chi connectivity index (χ1n) is 7.48. The van der Waals surface area contributed by atoms with Gasteiger partial charge in [0, 0.05) is 19.6 Å². The van der Waals surface area contributed by atoms with E-state index in [1.54, 1.807) is 6.92 Å². The molecule has 0 saturated carbocycles. The fourth-order valence-corrected chi connectivity index (χ4v) is 1.87. The monoisotopic (exact) mass is 287 g/mol. The molecule has 0 aromatic heterocycles. The van der Waals surface area contributed by atoms with Gasteiger partial charge in [0.05, 0.1) is 5.92 Å². The predicted molar refractivity (Wildman–Crippen MR) is 79.8 cm³/mol. The average molecular weight is 287 g/mol. The molecule has 1 atom stereocenters. The second-order valence-electron chi connectivity index (χ2n) is 5.00. The Hall–Kier alpha value is -1.30. The van der Waals surface area contributed by atoms with E-state index in [4.69, 9.17) is 5.11 Å². The first-order valence-corrected chi connectivity index (χ1v) is 7.48. The van der Waals surface area contributed by atoms with Gasteiger partial charge in [-0.3, -0.25) is 4.79 Å². The third-order valence-corrected chi connectivity index (χ3v) is 3.22. The van der Waals surface area contributed by atoms with Crippen molar-refractivity contribution >= 4 is 12.0 Å². The lowest BCUT2D eigenvalue weighted by molar-refractivity contribution is -0.141. The summed E-state index contributed by atoms with van der Waals surface area (Å²) in [5.74, 6) is -1.14. The van der Waals surface area contributed by atoms with Crippen LogP contribution in [0.25, 0.3) is 0 Å². The lowest BCUT2D eigenvalue weighted by atomic mass is 10.1. The second kappa shape index (κ2) is 11.5. The van der Waals surface area contributed by atoms with Crippen LogP contribution in [0.5, 0.6) is 0 Å². The molecule has 0 aliphatic carbocycles. The van der Waals surface area contributed by atoms with Crippen LogP contribution in [0.2, 0.25) is 0 Å². The third-order valence-electron chi connectivity index (χ3n) is 3.22. The molecule has 0 aliphatic rings. The van der Waals surface area contributed by atoms with E-state index in [-0.39, 0.29) is 11.9 Å². The molecule has 6 heteroatoms. The normalized spacial score (nSPS) is 12.2. The number of nitrogens with zero attached hydrogens (tertiary/aromatic N) is 1. The molecule has 0 saturated heterocycles. The Morgan fingerprint density at radius 1 is 1.15 bits per heavy atom. The molecule has 118 valence electrons. The van der Waals surface area contributed by atoms with Crippen molar-refractivity contribution in [1.29, 1.82) is 0 Å². The van der Waals surface area contributed by atoms with Gasteiger partial charge in [-0.2, -0.15) is 0 Å². The summed E-state index contributed by atoms with van der Waals surface area (Å²) in [5, 5.41) is 14.3. The Labute approximate surface area is 121 Å². The van der Waals surface area contributed by atoms with Gasteiger partial charge in [-0.1, -0.05) is 20.8 Å². The summed E-state index contributed by atoms with van der Waals surface area (Å²) in [6.45, 7) is 9.96. The minimum atomic E-state index is -0.787.